The molecular formula is C8H15NO2. The SMILES string of the molecule is CCOC(=O)/C(N)=C(\C)CC. The zero-order chi connectivity index (χ0) is 8.85. The lowest BCUT2D eigenvalue weighted by Gasteiger charge is -2.03. The van der Waals surface area contributed by atoms with Gasteiger partial charge in [-0.1, -0.05) is 6.92 Å². The van der Waals surface area contributed by atoms with Gasteiger partial charge in [0.2, 0.25) is 0 Å². The Morgan fingerprint density at radius 1 is 1.45 bits per heavy atom. The summed E-state index contributed by atoms with van der Waals surface area (Å²) in [5.74, 6) is -0.410. The molecule has 0 aliphatic heterocycles. The van der Waals surface area contributed by atoms with E-state index < -0.39 is 5.97 Å². The van der Waals surface area contributed by atoms with E-state index >= 15 is 0 Å². The van der Waals surface area contributed by atoms with Gasteiger partial charge in [-0.15, -0.1) is 0 Å². The van der Waals surface area contributed by atoms with Gasteiger partial charge in [-0.3, -0.25) is 0 Å². The Hall–Kier alpha value is -0.990. The molecule has 0 saturated carbocycles. The Balaban J connectivity index is 4.22. The summed E-state index contributed by atoms with van der Waals surface area (Å²) in [7, 11) is 0. The second-order valence-electron chi connectivity index (χ2n) is 2.27. The zero-order valence-corrected chi connectivity index (χ0v) is 7.31. The van der Waals surface area contributed by atoms with E-state index in [4.69, 9.17) is 10.5 Å². The summed E-state index contributed by atoms with van der Waals surface area (Å²) >= 11 is 0. The van der Waals surface area contributed by atoms with Crippen LogP contribution in [0.1, 0.15) is 27.2 Å². The molecule has 3 heteroatoms. The standard InChI is InChI=1S/C8H15NO2/c1-4-6(3)7(9)8(10)11-5-2/h4-5,9H2,1-3H3/b7-6-. The maximum atomic E-state index is 10.9. The maximum Gasteiger partial charge on any atom is 0.354 e. The minimum absolute atomic E-state index is 0.245. The molecule has 0 aliphatic rings. The van der Waals surface area contributed by atoms with Crippen LogP contribution in [0.15, 0.2) is 11.3 Å². The highest BCUT2D eigenvalue weighted by Gasteiger charge is 2.07. The molecule has 0 bridgehead atoms. The molecule has 0 atom stereocenters. The van der Waals surface area contributed by atoms with Crippen LogP contribution < -0.4 is 5.73 Å². The minimum Gasteiger partial charge on any atom is -0.461 e. The van der Waals surface area contributed by atoms with Crippen molar-refractivity contribution >= 4 is 5.97 Å². The van der Waals surface area contributed by atoms with Crippen molar-refractivity contribution < 1.29 is 9.53 Å². The average molecular weight is 157 g/mol. The molecule has 64 valence electrons. The normalized spacial score (nSPS) is 12.3. The van der Waals surface area contributed by atoms with E-state index in [0.717, 1.165) is 12.0 Å². The highest BCUT2D eigenvalue weighted by Crippen LogP contribution is 2.03. The van der Waals surface area contributed by atoms with Crippen LogP contribution in [0.5, 0.6) is 0 Å². The first-order valence-corrected chi connectivity index (χ1v) is 3.75. The van der Waals surface area contributed by atoms with Crippen molar-refractivity contribution in [2.24, 2.45) is 5.73 Å². The number of hydrogen-bond acceptors (Lipinski definition) is 3. The van der Waals surface area contributed by atoms with E-state index in [1.165, 1.54) is 0 Å². The second kappa shape index (κ2) is 4.77. The molecule has 0 spiro atoms. The summed E-state index contributed by atoms with van der Waals surface area (Å²) in [5, 5.41) is 0. The minimum atomic E-state index is -0.410. The number of carbonyl (C=O) groups is 1. The predicted octanol–water partition coefficient (Wildman–Crippen LogP) is 1.19. The molecule has 0 unspecified atom stereocenters. The van der Waals surface area contributed by atoms with Crippen molar-refractivity contribution in [2.45, 2.75) is 27.2 Å². The largest absolute Gasteiger partial charge is 0.461 e. The number of carbonyl (C=O) groups excluding carboxylic acids is 1. The third kappa shape index (κ3) is 3.07. The highest BCUT2D eigenvalue weighted by atomic mass is 16.5. The van der Waals surface area contributed by atoms with Crippen molar-refractivity contribution in [1.82, 2.24) is 0 Å². The lowest BCUT2D eigenvalue weighted by molar-refractivity contribution is -0.138. The van der Waals surface area contributed by atoms with Gasteiger partial charge in [0, 0.05) is 0 Å². The monoisotopic (exact) mass is 157 g/mol. The lowest BCUT2D eigenvalue weighted by atomic mass is 10.2. The summed E-state index contributed by atoms with van der Waals surface area (Å²) in [4.78, 5) is 10.9. The number of nitrogens with two attached hydrogens (primary N) is 1. The number of hydrogen-bond donors (Lipinski definition) is 1. The number of allylic oxidation sites excluding steroid dienone is 1. The fourth-order valence-electron chi connectivity index (χ4n) is 0.574. The quantitative estimate of drug-likeness (QED) is 0.494. The highest BCUT2D eigenvalue weighted by molar-refractivity contribution is 5.88. The smallest absolute Gasteiger partial charge is 0.354 e. The van der Waals surface area contributed by atoms with Gasteiger partial charge < -0.3 is 10.5 Å². The van der Waals surface area contributed by atoms with E-state index in [1.807, 2.05) is 13.8 Å². The Bertz CT molecular complexity index is 173. The fourth-order valence-corrected chi connectivity index (χ4v) is 0.574. The molecule has 0 radical (unpaired) electrons. The van der Waals surface area contributed by atoms with E-state index in [1.54, 1.807) is 6.92 Å². The summed E-state index contributed by atoms with van der Waals surface area (Å²) in [6.07, 6.45) is 0.782. The Morgan fingerprint density at radius 2 is 2.00 bits per heavy atom. The van der Waals surface area contributed by atoms with Crippen LogP contribution in [0.25, 0.3) is 0 Å². The molecule has 0 aromatic rings. The van der Waals surface area contributed by atoms with Crippen molar-refractivity contribution in [2.75, 3.05) is 6.61 Å². The van der Waals surface area contributed by atoms with E-state index in [-0.39, 0.29) is 5.70 Å². The molecule has 0 amide bonds. The molecule has 2 N–H and O–H groups in total. The van der Waals surface area contributed by atoms with Crippen LogP contribution in [0.2, 0.25) is 0 Å². The third-order valence-corrected chi connectivity index (χ3v) is 1.49. The summed E-state index contributed by atoms with van der Waals surface area (Å²) < 4.78 is 4.70. The summed E-state index contributed by atoms with van der Waals surface area (Å²) in [6.45, 7) is 5.90. The Kier molecular flexibility index (Phi) is 4.34. The first-order valence-electron chi connectivity index (χ1n) is 3.75. The first-order chi connectivity index (χ1) is 5.13. The molecule has 0 fully saturated rings. The molecule has 0 heterocycles. The van der Waals surface area contributed by atoms with E-state index in [9.17, 15) is 4.79 Å². The van der Waals surface area contributed by atoms with Crippen LogP contribution in [0.3, 0.4) is 0 Å². The van der Waals surface area contributed by atoms with Gasteiger partial charge in [0.15, 0.2) is 0 Å². The molecule has 0 aromatic heterocycles. The van der Waals surface area contributed by atoms with E-state index in [0.29, 0.717) is 6.61 Å². The van der Waals surface area contributed by atoms with Gasteiger partial charge in [0.1, 0.15) is 5.70 Å². The van der Waals surface area contributed by atoms with Gasteiger partial charge in [0.25, 0.3) is 0 Å². The maximum absolute atomic E-state index is 10.9. The second-order valence-corrected chi connectivity index (χ2v) is 2.27. The predicted molar refractivity (Wildman–Crippen MR) is 43.8 cm³/mol. The summed E-state index contributed by atoms with van der Waals surface area (Å²) in [6, 6.07) is 0. The molecule has 0 aromatic carbocycles. The molecule has 3 nitrogen and oxygen atoms in total. The number of ether oxygens (including phenoxy) is 1. The molecule has 0 rings (SSSR count). The van der Waals surface area contributed by atoms with Crippen LogP contribution >= 0.6 is 0 Å². The van der Waals surface area contributed by atoms with Crippen LogP contribution in [0.4, 0.5) is 0 Å². The van der Waals surface area contributed by atoms with Crippen molar-refractivity contribution in [3.63, 3.8) is 0 Å². The number of rotatable bonds is 3. The van der Waals surface area contributed by atoms with Crippen molar-refractivity contribution in [1.29, 1.82) is 0 Å². The first kappa shape index (κ1) is 10.0. The molecule has 0 saturated heterocycles. The Morgan fingerprint density at radius 3 is 2.36 bits per heavy atom. The van der Waals surface area contributed by atoms with Crippen molar-refractivity contribution in [3.8, 4) is 0 Å². The summed E-state index contributed by atoms with van der Waals surface area (Å²) in [5.41, 5.74) is 6.59. The lowest BCUT2D eigenvalue weighted by Crippen LogP contribution is -2.16. The van der Waals surface area contributed by atoms with Gasteiger partial charge in [-0.2, -0.15) is 0 Å². The van der Waals surface area contributed by atoms with Gasteiger partial charge >= 0.3 is 5.97 Å². The molecular weight excluding hydrogens is 142 g/mol. The van der Waals surface area contributed by atoms with Crippen molar-refractivity contribution in [3.05, 3.63) is 11.3 Å². The fraction of sp³-hybridized carbons (Fsp3) is 0.625. The molecule has 0 aliphatic carbocycles. The topological polar surface area (TPSA) is 52.3 Å². The van der Waals surface area contributed by atoms with Gasteiger partial charge in [0.05, 0.1) is 6.61 Å². The third-order valence-electron chi connectivity index (χ3n) is 1.49. The van der Waals surface area contributed by atoms with Crippen LogP contribution in [0, 0.1) is 0 Å². The average Bonchev–Trinajstić information content (AvgIpc) is 2.02. The van der Waals surface area contributed by atoms with Crippen LogP contribution in [-0.2, 0) is 9.53 Å². The molecule has 11 heavy (non-hydrogen) atoms. The van der Waals surface area contributed by atoms with Gasteiger partial charge in [-0.05, 0) is 25.8 Å². The number of esters is 1. The van der Waals surface area contributed by atoms with E-state index in [2.05, 4.69) is 0 Å². The van der Waals surface area contributed by atoms with Gasteiger partial charge in [-0.25, -0.2) is 4.79 Å². The Labute approximate surface area is 67.2 Å². The zero-order valence-electron chi connectivity index (χ0n) is 7.31. The van der Waals surface area contributed by atoms with Crippen LogP contribution in [-0.4, -0.2) is 12.6 Å².